The zero-order valence-corrected chi connectivity index (χ0v) is 13.3. The predicted octanol–water partition coefficient (Wildman–Crippen LogP) is 2.23. The number of nitrogens with two attached hydrogens (primary N) is 1. The molecule has 1 saturated heterocycles. The van der Waals surface area contributed by atoms with Gasteiger partial charge in [0.25, 0.3) is 0 Å². The molecule has 106 valence electrons. The first-order valence-electron chi connectivity index (χ1n) is 6.93. The number of anilines is 1. The first-order valence-corrected chi connectivity index (χ1v) is 7.33. The van der Waals surface area contributed by atoms with Crippen molar-refractivity contribution in [2.75, 3.05) is 11.4 Å². The Labute approximate surface area is 121 Å². The first-order chi connectivity index (χ1) is 8.82. The normalized spacial score (nSPS) is 27.6. The van der Waals surface area contributed by atoms with Gasteiger partial charge in [0, 0.05) is 19.6 Å². The summed E-state index contributed by atoms with van der Waals surface area (Å²) in [5.74, 6) is 2.43. The Morgan fingerprint density at radius 2 is 2.00 bits per heavy atom. The summed E-state index contributed by atoms with van der Waals surface area (Å²) >= 11 is 5.22. The van der Waals surface area contributed by atoms with Gasteiger partial charge in [0.15, 0.2) is 0 Å². The maximum atomic E-state index is 5.90. The third-order valence-electron chi connectivity index (χ3n) is 4.31. The number of hydrogen-bond acceptors (Lipinski definition) is 3. The minimum atomic E-state index is 0.443. The number of rotatable bonds is 2. The number of aromatic nitrogens is 2. The van der Waals surface area contributed by atoms with Crippen LogP contribution in [0.2, 0.25) is 0 Å². The van der Waals surface area contributed by atoms with Crippen molar-refractivity contribution in [1.82, 2.24) is 9.78 Å². The smallest absolute Gasteiger partial charge is 0.137 e. The van der Waals surface area contributed by atoms with Crippen molar-refractivity contribution in [1.29, 1.82) is 0 Å². The average molecular weight is 280 g/mol. The topological polar surface area (TPSA) is 47.1 Å². The Hall–Kier alpha value is -1.10. The molecule has 2 rings (SSSR count). The van der Waals surface area contributed by atoms with E-state index in [1.165, 1.54) is 6.42 Å². The van der Waals surface area contributed by atoms with Gasteiger partial charge in [-0.1, -0.05) is 26.1 Å². The molecule has 1 aliphatic rings. The summed E-state index contributed by atoms with van der Waals surface area (Å²) < 4.78 is 1.92. The van der Waals surface area contributed by atoms with E-state index in [1.54, 1.807) is 0 Å². The summed E-state index contributed by atoms with van der Waals surface area (Å²) in [5.41, 5.74) is 7.76. The van der Waals surface area contributed by atoms with Gasteiger partial charge in [-0.25, -0.2) is 0 Å². The molecule has 4 nitrogen and oxygen atoms in total. The molecule has 2 N–H and O–H groups in total. The average Bonchev–Trinajstić information content (AvgIpc) is 2.58. The Kier molecular flexibility index (Phi) is 3.85. The van der Waals surface area contributed by atoms with E-state index in [0.717, 1.165) is 23.6 Å². The highest BCUT2D eigenvalue weighted by atomic mass is 32.1. The van der Waals surface area contributed by atoms with Gasteiger partial charge in [0.2, 0.25) is 0 Å². The van der Waals surface area contributed by atoms with E-state index < -0.39 is 0 Å². The van der Waals surface area contributed by atoms with Crippen LogP contribution in [0.15, 0.2) is 0 Å². The fraction of sp³-hybridized carbons (Fsp3) is 0.714. The highest BCUT2D eigenvalue weighted by molar-refractivity contribution is 7.80. The van der Waals surface area contributed by atoms with E-state index in [1.807, 2.05) is 18.7 Å². The number of thiocarbonyl (C=S) groups is 1. The summed E-state index contributed by atoms with van der Waals surface area (Å²) in [6, 6.07) is 0.485. The largest absolute Gasteiger partial charge is 0.389 e. The molecule has 0 bridgehead atoms. The number of hydrogen-bond donors (Lipinski definition) is 1. The van der Waals surface area contributed by atoms with Crippen LogP contribution >= 0.6 is 12.2 Å². The fourth-order valence-corrected chi connectivity index (χ4v) is 3.50. The van der Waals surface area contributed by atoms with Gasteiger partial charge in [-0.05, 0) is 32.1 Å². The lowest BCUT2D eigenvalue weighted by Crippen LogP contribution is -2.47. The molecule has 1 fully saturated rings. The molecule has 0 saturated carbocycles. The molecule has 19 heavy (non-hydrogen) atoms. The molecule has 0 aromatic carbocycles. The SMILES string of the molecule is Cc1nn(C)c(N2CC(C)CC(C)C2C)c1C(N)=S. The van der Waals surface area contributed by atoms with Crippen LogP contribution in [0.3, 0.4) is 0 Å². The van der Waals surface area contributed by atoms with E-state index in [9.17, 15) is 0 Å². The third-order valence-corrected chi connectivity index (χ3v) is 4.51. The molecule has 0 amide bonds. The Balaban J connectivity index is 2.48. The molecule has 5 heteroatoms. The van der Waals surface area contributed by atoms with Crippen molar-refractivity contribution in [3.8, 4) is 0 Å². The fourth-order valence-electron chi connectivity index (χ4n) is 3.26. The second-order valence-corrected chi connectivity index (χ2v) is 6.42. The Morgan fingerprint density at radius 1 is 1.37 bits per heavy atom. The molecular weight excluding hydrogens is 256 g/mol. The van der Waals surface area contributed by atoms with E-state index in [4.69, 9.17) is 18.0 Å². The van der Waals surface area contributed by atoms with Crippen molar-refractivity contribution >= 4 is 23.0 Å². The monoisotopic (exact) mass is 280 g/mol. The zero-order chi connectivity index (χ0) is 14.3. The van der Waals surface area contributed by atoms with Crippen LogP contribution in [0.4, 0.5) is 5.82 Å². The molecule has 1 aromatic rings. The van der Waals surface area contributed by atoms with Crippen molar-refractivity contribution in [2.45, 2.75) is 40.2 Å². The van der Waals surface area contributed by atoms with Crippen LogP contribution in [-0.2, 0) is 7.05 Å². The van der Waals surface area contributed by atoms with Crippen LogP contribution in [-0.4, -0.2) is 27.4 Å². The number of aryl methyl sites for hydroxylation is 2. The van der Waals surface area contributed by atoms with E-state index in [2.05, 4.69) is 30.8 Å². The molecule has 1 aliphatic heterocycles. The molecule has 0 radical (unpaired) electrons. The number of piperidine rings is 1. The predicted molar refractivity (Wildman–Crippen MR) is 83.6 cm³/mol. The van der Waals surface area contributed by atoms with Crippen LogP contribution in [0.25, 0.3) is 0 Å². The molecule has 0 spiro atoms. The van der Waals surface area contributed by atoms with Gasteiger partial charge >= 0.3 is 0 Å². The molecule has 0 aliphatic carbocycles. The maximum Gasteiger partial charge on any atom is 0.137 e. The van der Waals surface area contributed by atoms with Crippen molar-refractivity contribution in [3.05, 3.63) is 11.3 Å². The second kappa shape index (κ2) is 5.12. The van der Waals surface area contributed by atoms with Gasteiger partial charge in [-0.2, -0.15) is 5.10 Å². The van der Waals surface area contributed by atoms with Crippen LogP contribution in [0, 0.1) is 18.8 Å². The summed E-state index contributed by atoms with van der Waals surface area (Å²) in [7, 11) is 1.97. The van der Waals surface area contributed by atoms with Crippen molar-refractivity contribution < 1.29 is 0 Å². The lowest BCUT2D eigenvalue weighted by Gasteiger charge is -2.42. The minimum absolute atomic E-state index is 0.443. The van der Waals surface area contributed by atoms with Crippen molar-refractivity contribution in [2.24, 2.45) is 24.6 Å². The zero-order valence-electron chi connectivity index (χ0n) is 12.5. The molecular formula is C14H24N4S. The van der Waals surface area contributed by atoms with E-state index in [-0.39, 0.29) is 0 Å². The van der Waals surface area contributed by atoms with Crippen LogP contribution in [0.1, 0.15) is 38.4 Å². The molecule has 2 heterocycles. The summed E-state index contributed by atoms with van der Waals surface area (Å²) in [4.78, 5) is 2.87. The van der Waals surface area contributed by atoms with Gasteiger partial charge in [0.1, 0.15) is 10.8 Å². The molecule has 3 atom stereocenters. The summed E-state index contributed by atoms with van der Waals surface area (Å²) in [6.45, 7) is 9.91. The van der Waals surface area contributed by atoms with Crippen LogP contribution < -0.4 is 10.6 Å². The Morgan fingerprint density at radius 3 is 2.58 bits per heavy atom. The lowest BCUT2D eigenvalue weighted by molar-refractivity contribution is 0.293. The molecule has 1 aromatic heterocycles. The van der Waals surface area contributed by atoms with Crippen molar-refractivity contribution in [3.63, 3.8) is 0 Å². The van der Waals surface area contributed by atoms with Gasteiger partial charge in [-0.15, -0.1) is 0 Å². The van der Waals surface area contributed by atoms with E-state index in [0.29, 0.717) is 22.9 Å². The van der Waals surface area contributed by atoms with Gasteiger partial charge < -0.3 is 10.6 Å². The maximum absolute atomic E-state index is 5.90. The first kappa shape index (κ1) is 14.3. The van der Waals surface area contributed by atoms with Gasteiger partial charge in [-0.3, -0.25) is 4.68 Å². The van der Waals surface area contributed by atoms with Gasteiger partial charge in [0.05, 0.1) is 11.3 Å². The highest BCUT2D eigenvalue weighted by Gasteiger charge is 2.33. The van der Waals surface area contributed by atoms with E-state index >= 15 is 0 Å². The third kappa shape index (κ3) is 2.48. The lowest BCUT2D eigenvalue weighted by atomic mass is 9.86. The molecule has 3 unspecified atom stereocenters. The Bertz CT molecular complexity index is 494. The summed E-state index contributed by atoms with van der Waals surface area (Å²) in [5, 5.41) is 4.50. The quantitative estimate of drug-likeness (QED) is 0.844. The minimum Gasteiger partial charge on any atom is -0.389 e. The second-order valence-electron chi connectivity index (χ2n) is 5.98. The highest BCUT2D eigenvalue weighted by Crippen LogP contribution is 2.33. The summed E-state index contributed by atoms with van der Waals surface area (Å²) in [6.07, 6.45) is 1.27. The number of nitrogens with zero attached hydrogens (tertiary/aromatic N) is 3. The van der Waals surface area contributed by atoms with Crippen LogP contribution in [0.5, 0.6) is 0 Å². The standard InChI is InChI=1S/C14H24N4S/c1-8-6-9(2)11(4)18(7-8)14-12(13(15)19)10(3)16-17(14)5/h8-9,11H,6-7H2,1-5H3,(H2,15,19).